The van der Waals surface area contributed by atoms with Gasteiger partial charge in [-0.2, -0.15) is 5.10 Å². The summed E-state index contributed by atoms with van der Waals surface area (Å²) in [4.78, 5) is 37.7. The largest absolute Gasteiger partial charge is 0.440 e. The van der Waals surface area contributed by atoms with Crippen LogP contribution >= 0.6 is 0 Å². The number of fused-ring (bicyclic) bond motifs is 1. The predicted molar refractivity (Wildman–Crippen MR) is 95.0 cm³/mol. The number of aromatic nitrogens is 2. The van der Waals surface area contributed by atoms with Crippen LogP contribution in [0.2, 0.25) is 0 Å². The third kappa shape index (κ3) is 3.22. The number of carbonyl (C=O) groups is 3. The van der Waals surface area contributed by atoms with E-state index in [0.717, 1.165) is 10.5 Å². The Bertz CT molecular complexity index is 975. The number of carbonyl (C=O) groups excluding carboxylic acids is 3. The molecular weight excluding hydrogens is 346 g/mol. The number of hydrogen-bond donors (Lipinski definition) is 0. The first kappa shape index (κ1) is 16.7. The second-order valence-electron chi connectivity index (χ2n) is 6.05. The molecule has 0 N–H and O–H groups in total. The molecule has 1 aromatic heterocycles. The van der Waals surface area contributed by atoms with Crippen molar-refractivity contribution in [2.24, 2.45) is 0 Å². The Labute approximate surface area is 154 Å². The SMILES string of the molecule is O=C(OCN1C(=O)c2ccccc2C1=O)c1ccc(Cn2cccn2)cc1. The van der Waals surface area contributed by atoms with Gasteiger partial charge in [0, 0.05) is 12.4 Å². The second kappa shape index (κ2) is 6.87. The lowest BCUT2D eigenvalue weighted by Gasteiger charge is -2.14. The third-order valence-electron chi connectivity index (χ3n) is 4.30. The number of ether oxygens (including phenoxy) is 1. The van der Waals surface area contributed by atoms with Crippen molar-refractivity contribution in [1.29, 1.82) is 0 Å². The zero-order valence-electron chi connectivity index (χ0n) is 14.2. The molecule has 1 aliphatic rings. The van der Waals surface area contributed by atoms with Gasteiger partial charge >= 0.3 is 5.97 Å². The van der Waals surface area contributed by atoms with Gasteiger partial charge in [-0.05, 0) is 35.9 Å². The molecule has 0 saturated carbocycles. The maximum atomic E-state index is 12.3. The number of esters is 1. The molecule has 0 atom stereocenters. The van der Waals surface area contributed by atoms with E-state index < -0.39 is 24.5 Å². The van der Waals surface area contributed by atoms with Crippen LogP contribution in [0.1, 0.15) is 36.6 Å². The lowest BCUT2D eigenvalue weighted by Crippen LogP contribution is -2.33. The molecule has 0 bridgehead atoms. The Morgan fingerprint density at radius 3 is 2.19 bits per heavy atom. The number of hydrogen-bond acceptors (Lipinski definition) is 5. The van der Waals surface area contributed by atoms with Crippen molar-refractivity contribution in [1.82, 2.24) is 14.7 Å². The zero-order valence-corrected chi connectivity index (χ0v) is 14.2. The minimum atomic E-state index is -0.600. The van der Waals surface area contributed by atoms with Crippen LogP contribution in [0.3, 0.4) is 0 Å². The van der Waals surface area contributed by atoms with Gasteiger partial charge in [0.1, 0.15) is 0 Å². The van der Waals surface area contributed by atoms with E-state index in [2.05, 4.69) is 5.10 Å². The molecule has 7 nitrogen and oxygen atoms in total. The third-order valence-corrected chi connectivity index (χ3v) is 4.30. The Hall–Kier alpha value is -3.74. The Morgan fingerprint density at radius 2 is 1.59 bits per heavy atom. The smallest absolute Gasteiger partial charge is 0.339 e. The van der Waals surface area contributed by atoms with Crippen molar-refractivity contribution in [3.8, 4) is 0 Å². The predicted octanol–water partition coefficient (Wildman–Crippen LogP) is 2.34. The average Bonchev–Trinajstić information content (AvgIpc) is 3.28. The number of nitrogens with zero attached hydrogens (tertiary/aromatic N) is 3. The molecule has 7 heteroatoms. The summed E-state index contributed by atoms with van der Waals surface area (Å²) in [5, 5.41) is 4.13. The van der Waals surface area contributed by atoms with Crippen LogP contribution in [0.5, 0.6) is 0 Å². The summed E-state index contributed by atoms with van der Waals surface area (Å²) in [5.74, 6) is -1.52. The first-order valence-corrected chi connectivity index (χ1v) is 8.32. The number of rotatable bonds is 5. The van der Waals surface area contributed by atoms with E-state index >= 15 is 0 Å². The standard InChI is InChI=1S/C20H15N3O4/c24-18-16-4-1-2-5-17(16)19(25)23(18)13-27-20(26)15-8-6-14(7-9-15)12-22-11-3-10-21-22/h1-11H,12-13H2. The Kier molecular flexibility index (Phi) is 4.25. The van der Waals surface area contributed by atoms with E-state index in [1.54, 1.807) is 59.4 Å². The molecule has 2 aromatic carbocycles. The lowest BCUT2D eigenvalue weighted by atomic mass is 10.1. The van der Waals surface area contributed by atoms with Crippen LogP contribution in [-0.2, 0) is 11.3 Å². The maximum absolute atomic E-state index is 12.3. The molecule has 0 radical (unpaired) electrons. The van der Waals surface area contributed by atoms with E-state index in [4.69, 9.17) is 4.74 Å². The molecule has 0 fully saturated rings. The average molecular weight is 361 g/mol. The molecular formula is C20H15N3O4. The van der Waals surface area contributed by atoms with Gasteiger partial charge in [0.15, 0.2) is 6.73 Å². The minimum Gasteiger partial charge on any atom is -0.440 e. The van der Waals surface area contributed by atoms with Crippen LogP contribution in [0.15, 0.2) is 67.0 Å². The van der Waals surface area contributed by atoms with Crippen LogP contribution < -0.4 is 0 Å². The minimum absolute atomic E-state index is 0.321. The molecule has 0 unspecified atom stereocenters. The van der Waals surface area contributed by atoms with Crippen molar-refractivity contribution in [2.45, 2.75) is 6.54 Å². The summed E-state index contributed by atoms with van der Waals surface area (Å²) in [6.07, 6.45) is 3.55. The molecule has 4 rings (SSSR count). The fraction of sp³-hybridized carbons (Fsp3) is 0.100. The van der Waals surface area contributed by atoms with Crippen molar-refractivity contribution in [2.75, 3.05) is 6.73 Å². The molecule has 0 aliphatic carbocycles. The van der Waals surface area contributed by atoms with Crippen molar-refractivity contribution < 1.29 is 19.1 Å². The molecule has 27 heavy (non-hydrogen) atoms. The molecule has 2 heterocycles. The molecule has 3 aromatic rings. The van der Waals surface area contributed by atoms with Crippen molar-refractivity contribution in [3.63, 3.8) is 0 Å². The Morgan fingerprint density at radius 1 is 0.926 bits per heavy atom. The summed E-state index contributed by atoms with van der Waals surface area (Å²) in [5.41, 5.74) is 1.97. The van der Waals surface area contributed by atoms with E-state index in [1.165, 1.54) is 0 Å². The quantitative estimate of drug-likeness (QED) is 0.515. The topological polar surface area (TPSA) is 81.5 Å². The molecule has 134 valence electrons. The molecule has 1 aliphatic heterocycles. The highest BCUT2D eigenvalue weighted by molar-refractivity contribution is 6.21. The highest BCUT2D eigenvalue weighted by Gasteiger charge is 2.35. The van der Waals surface area contributed by atoms with E-state index in [0.29, 0.717) is 23.2 Å². The fourth-order valence-electron chi connectivity index (χ4n) is 2.89. The van der Waals surface area contributed by atoms with E-state index in [9.17, 15) is 14.4 Å². The lowest BCUT2D eigenvalue weighted by molar-refractivity contribution is 0.0228. The molecule has 2 amide bonds. The van der Waals surface area contributed by atoms with Gasteiger partial charge in [-0.15, -0.1) is 0 Å². The van der Waals surface area contributed by atoms with Gasteiger partial charge in [-0.3, -0.25) is 14.3 Å². The first-order valence-electron chi connectivity index (χ1n) is 8.32. The normalized spacial score (nSPS) is 13.0. The molecule has 0 spiro atoms. The zero-order chi connectivity index (χ0) is 18.8. The van der Waals surface area contributed by atoms with Crippen LogP contribution in [0.4, 0.5) is 0 Å². The fourth-order valence-corrected chi connectivity index (χ4v) is 2.89. The van der Waals surface area contributed by atoms with Gasteiger partial charge in [-0.25, -0.2) is 9.69 Å². The van der Waals surface area contributed by atoms with Gasteiger partial charge in [0.25, 0.3) is 11.8 Å². The number of amides is 2. The maximum Gasteiger partial charge on any atom is 0.339 e. The summed E-state index contributed by atoms with van der Waals surface area (Å²) >= 11 is 0. The van der Waals surface area contributed by atoms with Gasteiger partial charge in [0.2, 0.25) is 0 Å². The van der Waals surface area contributed by atoms with E-state index in [-0.39, 0.29) is 0 Å². The Balaban J connectivity index is 1.38. The molecule has 0 saturated heterocycles. The van der Waals surface area contributed by atoms with Crippen molar-refractivity contribution in [3.05, 3.63) is 89.2 Å². The van der Waals surface area contributed by atoms with E-state index in [1.807, 2.05) is 12.3 Å². The monoisotopic (exact) mass is 361 g/mol. The summed E-state index contributed by atoms with van der Waals surface area (Å²) in [6, 6.07) is 15.3. The summed E-state index contributed by atoms with van der Waals surface area (Å²) < 4.78 is 6.93. The number of imide groups is 1. The second-order valence-corrected chi connectivity index (χ2v) is 6.05. The first-order chi connectivity index (χ1) is 13.1. The highest BCUT2D eigenvalue weighted by atomic mass is 16.5. The summed E-state index contributed by atoms with van der Waals surface area (Å²) in [6.45, 7) is 0.178. The van der Waals surface area contributed by atoms with Gasteiger partial charge < -0.3 is 4.74 Å². The highest BCUT2D eigenvalue weighted by Crippen LogP contribution is 2.22. The van der Waals surface area contributed by atoms with Crippen molar-refractivity contribution >= 4 is 17.8 Å². The van der Waals surface area contributed by atoms with Crippen LogP contribution in [0, 0.1) is 0 Å². The summed E-state index contributed by atoms with van der Waals surface area (Å²) in [7, 11) is 0. The van der Waals surface area contributed by atoms with Crippen LogP contribution in [-0.4, -0.2) is 39.2 Å². The van der Waals surface area contributed by atoms with Gasteiger partial charge in [-0.1, -0.05) is 24.3 Å². The van der Waals surface area contributed by atoms with Crippen LogP contribution in [0.25, 0.3) is 0 Å². The van der Waals surface area contributed by atoms with Gasteiger partial charge in [0.05, 0.1) is 23.2 Å². The number of benzene rings is 2.